The Morgan fingerprint density at radius 3 is 2.68 bits per heavy atom. The van der Waals surface area contributed by atoms with Crippen LogP contribution in [0, 0.1) is 0 Å². The van der Waals surface area contributed by atoms with Crippen LogP contribution in [-0.4, -0.2) is 40.5 Å². The van der Waals surface area contributed by atoms with Crippen molar-refractivity contribution in [2.75, 3.05) is 18.6 Å². The molecule has 0 spiro atoms. The van der Waals surface area contributed by atoms with E-state index in [-0.39, 0.29) is 0 Å². The lowest BCUT2D eigenvalue weighted by atomic mass is 9.86. The highest BCUT2D eigenvalue weighted by molar-refractivity contribution is 7.98. The molecule has 2 aliphatic rings. The molecule has 3 heterocycles. The van der Waals surface area contributed by atoms with Crippen molar-refractivity contribution in [1.82, 2.24) is 9.88 Å². The number of rotatable bonds is 4. The van der Waals surface area contributed by atoms with E-state index in [1.54, 1.807) is 6.20 Å². The van der Waals surface area contributed by atoms with Crippen LogP contribution in [0.5, 0.6) is 0 Å². The van der Waals surface area contributed by atoms with Crippen LogP contribution in [0.4, 0.5) is 0 Å². The second-order valence-electron chi connectivity index (χ2n) is 5.72. The minimum Gasteiger partial charge on any atom is -0.297 e. The van der Waals surface area contributed by atoms with Gasteiger partial charge in [-0.2, -0.15) is 11.8 Å². The summed E-state index contributed by atoms with van der Waals surface area (Å²) in [6.07, 6.45) is 11.3. The minimum absolute atomic E-state index is 0.661. The van der Waals surface area contributed by atoms with Crippen LogP contribution in [0.25, 0.3) is 0 Å². The van der Waals surface area contributed by atoms with Crippen molar-refractivity contribution >= 4 is 23.4 Å². The molecule has 0 amide bonds. The summed E-state index contributed by atoms with van der Waals surface area (Å²) < 4.78 is 0. The summed E-state index contributed by atoms with van der Waals surface area (Å²) in [5.74, 6) is 1.92. The van der Waals surface area contributed by atoms with Gasteiger partial charge in [-0.15, -0.1) is 0 Å². The fourth-order valence-corrected chi connectivity index (χ4v) is 4.34. The van der Waals surface area contributed by atoms with E-state index in [2.05, 4.69) is 22.2 Å². The SMILES string of the molecule is CSCCN1[C@@H]2CC[C@H]1CC(c1cncc(Cl)c1)C2. The molecule has 1 aromatic rings. The highest BCUT2D eigenvalue weighted by Gasteiger charge is 2.40. The Hall–Kier alpha value is -0.250. The van der Waals surface area contributed by atoms with Gasteiger partial charge in [-0.25, -0.2) is 0 Å². The third-order valence-corrected chi connectivity index (χ3v) is 5.43. The van der Waals surface area contributed by atoms with E-state index in [1.807, 2.05) is 18.0 Å². The molecule has 104 valence electrons. The number of thioether (sulfide) groups is 1. The van der Waals surface area contributed by atoms with Crippen molar-refractivity contribution < 1.29 is 0 Å². The number of aromatic nitrogens is 1. The highest BCUT2D eigenvalue weighted by Crippen LogP contribution is 2.43. The Morgan fingerprint density at radius 2 is 2.05 bits per heavy atom. The normalized spacial score (nSPS) is 30.7. The molecule has 1 aromatic heterocycles. The molecule has 3 atom stereocenters. The van der Waals surface area contributed by atoms with Crippen molar-refractivity contribution in [2.45, 2.75) is 43.7 Å². The molecule has 0 aromatic carbocycles. The van der Waals surface area contributed by atoms with Gasteiger partial charge in [-0.1, -0.05) is 11.6 Å². The van der Waals surface area contributed by atoms with Gasteiger partial charge in [0.2, 0.25) is 0 Å². The average Bonchev–Trinajstić information content (AvgIpc) is 2.65. The summed E-state index contributed by atoms with van der Waals surface area (Å²) in [6, 6.07) is 3.68. The third kappa shape index (κ3) is 2.93. The quantitative estimate of drug-likeness (QED) is 0.840. The number of nitrogens with zero attached hydrogens (tertiary/aromatic N) is 2. The molecule has 0 aliphatic carbocycles. The highest BCUT2D eigenvalue weighted by atomic mass is 35.5. The Balaban J connectivity index is 1.70. The summed E-state index contributed by atoms with van der Waals surface area (Å²) in [7, 11) is 0. The average molecular weight is 297 g/mol. The Morgan fingerprint density at radius 1 is 1.32 bits per heavy atom. The fourth-order valence-electron chi connectivity index (χ4n) is 3.76. The smallest absolute Gasteiger partial charge is 0.0592 e. The fraction of sp³-hybridized carbons (Fsp3) is 0.667. The lowest BCUT2D eigenvalue weighted by Gasteiger charge is -2.39. The second-order valence-corrected chi connectivity index (χ2v) is 7.14. The molecule has 19 heavy (non-hydrogen) atoms. The lowest BCUT2D eigenvalue weighted by molar-refractivity contribution is 0.135. The first-order chi connectivity index (χ1) is 9.28. The van der Waals surface area contributed by atoms with Crippen molar-refractivity contribution in [3.8, 4) is 0 Å². The van der Waals surface area contributed by atoms with E-state index in [0.717, 1.165) is 17.1 Å². The standard InChI is InChI=1S/C15H21ClN2S/c1-19-5-4-18-14-2-3-15(18)8-11(7-14)12-6-13(16)10-17-9-12/h6,9-11,14-15H,2-5,7-8H2,1H3/t11?,14-,15+. The zero-order valence-electron chi connectivity index (χ0n) is 11.4. The number of fused-ring (bicyclic) bond motifs is 2. The topological polar surface area (TPSA) is 16.1 Å². The molecule has 1 unspecified atom stereocenters. The maximum Gasteiger partial charge on any atom is 0.0592 e. The molecule has 2 saturated heterocycles. The van der Waals surface area contributed by atoms with Gasteiger partial charge in [0, 0.05) is 36.8 Å². The van der Waals surface area contributed by atoms with E-state index in [9.17, 15) is 0 Å². The van der Waals surface area contributed by atoms with Gasteiger partial charge < -0.3 is 0 Å². The van der Waals surface area contributed by atoms with E-state index >= 15 is 0 Å². The zero-order chi connectivity index (χ0) is 13.2. The molecule has 0 N–H and O–H groups in total. The number of halogens is 1. The van der Waals surface area contributed by atoms with Crippen LogP contribution in [-0.2, 0) is 0 Å². The molecule has 0 saturated carbocycles. The predicted octanol–water partition coefficient (Wildman–Crippen LogP) is 3.81. The van der Waals surface area contributed by atoms with Crippen molar-refractivity contribution in [2.24, 2.45) is 0 Å². The van der Waals surface area contributed by atoms with Crippen LogP contribution in [0.3, 0.4) is 0 Å². The van der Waals surface area contributed by atoms with E-state index in [4.69, 9.17) is 11.6 Å². The first kappa shape index (κ1) is 13.7. The molecule has 4 heteroatoms. The lowest BCUT2D eigenvalue weighted by Crippen LogP contribution is -2.43. The molecule has 2 bridgehead atoms. The van der Waals surface area contributed by atoms with E-state index in [1.165, 1.54) is 43.5 Å². The van der Waals surface area contributed by atoms with Crippen molar-refractivity contribution in [3.05, 3.63) is 29.0 Å². The van der Waals surface area contributed by atoms with Crippen molar-refractivity contribution in [1.29, 1.82) is 0 Å². The molecular formula is C15H21ClN2S. The molecule has 2 aliphatic heterocycles. The maximum atomic E-state index is 6.07. The van der Waals surface area contributed by atoms with Crippen LogP contribution < -0.4 is 0 Å². The molecule has 2 nitrogen and oxygen atoms in total. The van der Waals surface area contributed by atoms with Gasteiger partial charge >= 0.3 is 0 Å². The molecule has 3 rings (SSSR count). The molecular weight excluding hydrogens is 276 g/mol. The van der Waals surface area contributed by atoms with Gasteiger partial charge in [-0.3, -0.25) is 9.88 Å². The predicted molar refractivity (Wildman–Crippen MR) is 83.1 cm³/mol. The summed E-state index contributed by atoms with van der Waals surface area (Å²) in [4.78, 5) is 7.00. The Kier molecular flexibility index (Phi) is 4.35. The van der Waals surface area contributed by atoms with Gasteiger partial charge in [0.1, 0.15) is 0 Å². The van der Waals surface area contributed by atoms with Crippen LogP contribution in [0.2, 0.25) is 5.02 Å². The van der Waals surface area contributed by atoms with Gasteiger partial charge in [-0.05, 0) is 49.5 Å². The first-order valence-corrected chi connectivity index (χ1v) is 8.90. The van der Waals surface area contributed by atoms with Gasteiger partial charge in [0.15, 0.2) is 0 Å². The summed E-state index contributed by atoms with van der Waals surface area (Å²) in [5.41, 5.74) is 1.34. The largest absolute Gasteiger partial charge is 0.297 e. The Bertz CT molecular complexity index is 426. The number of hydrogen-bond acceptors (Lipinski definition) is 3. The number of piperidine rings is 1. The summed E-state index contributed by atoms with van der Waals surface area (Å²) >= 11 is 8.03. The molecule has 2 fully saturated rings. The zero-order valence-corrected chi connectivity index (χ0v) is 13.0. The van der Waals surface area contributed by atoms with E-state index in [0.29, 0.717) is 5.92 Å². The second kappa shape index (κ2) is 6.02. The summed E-state index contributed by atoms with van der Waals surface area (Å²) in [5, 5.41) is 0.773. The van der Waals surface area contributed by atoms with Crippen LogP contribution in [0.15, 0.2) is 18.5 Å². The van der Waals surface area contributed by atoms with Crippen molar-refractivity contribution in [3.63, 3.8) is 0 Å². The van der Waals surface area contributed by atoms with Gasteiger partial charge in [0.25, 0.3) is 0 Å². The number of hydrogen-bond donors (Lipinski definition) is 0. The van der Waals surface area contributed by atoms with E-state index < -0.39 is 0 Å². The molecule has 0 radical (unpaired) electrons. The van der Waals surface area contributed by atoms with Gasteiger partial charge in [0.05, 0.1) is 5.02 Å². The maximum absolute atomic E-state index is 6.07. The first-order valence-electron chi connectivity index (χ1n) is 7.13. The Labute approximate surface area is 124 Å². The minimum atomic E-state index is 0.661. The summed E-state index contributed by atoms with van der Waals surface area (Å²) in [6.45, 7) is 1.26. The third-order valence-electron chi connectivity index (χ3n) is 4.64. The van der Waals surface area contributed by atoms with Crippen LogP contribution >= 0.6 is 23.4 Å². The number of pyridine rings is 1. The van der Waals surface area contributed by atoms with Crippen LogP contribution in [0.1, 0.15) is 37.2 Å². The monoisotopic (exact) mass is 296 g/mol.